The lowest BCUT2D eigenvalue weighted by Crippen LogP contribution is -2.18. The Hall–Kier alpha value is -2.46. The van der Waals surface area contributed by atoms with Gasteiger partial charge >= 0.3 is 5.97 Å². The lowest BCUT2D eigenvalue weighted by molar-refractivity contribution is 0.0600. The first-order valence-corrected chi connectivity index (χ1v) is 8.04. The molecule has 0 aliphatic heterocycles. The van der Waals surface area contributed by atoms with E-state index in [-0.39, 0.29) is 11.8 Å². The van der Waals surface area contributed by atoms with Crippen molar-refractivity contribution in [2.75, 3.05) is 13.7 Å². The number of carbonyl (C=O) groups is 1. The predicted octanol–water partition coefficient (Wildman–Crippen LogP) is 3.90. The number of hydrogen-bond acceptors (Lipinski definition) is 3. The number of esters is 1. The minimum atomic E-state index is -0.348. The number of methoxy groups -OCH3 is 1. The molecule has 0 unspecified atom stereocenters. The molecular formula is C20H20FNO2. The molecular weight excluding hydrogens is 305 g/mol. The van der Waals surface area contributed by atoms with Gasteiger partial charge in [0.2, 0.25) is 0 Å². The van der Waals surface area contributed by atoms with E-state index in [0.717, 1.165) is 23.2 Å². The fourth-order valence-corrected chi connectivity index (χ4v) is 2.48. The van der Waals surface area contributed by atoms with Gasteiger partial charge in [-0.2, -0.15) is 0 Å². The van der Waals surface area contributed by atoms with E-state index in [1.54, 1.807) is 24.3 Å². The van der Waals surface area contributed by atoms with Crippen molar-refractivity contribution < 1.29 is 13.9 Å². The van der Waals surface area contributed by atoms with E-state index < -0.39 is 0 Å². The Bertz CT molecular complexity index is 731. The van der Waals surface area contributed by atoms with Crippen LogP contribution < -0.4 is 5.32 Å². The van der Waals surface area contributed by atoms with Crippen LogP contribution in [0.2, 0.25) is 0 Å². The summed E-state index contributed by atoms with van der Waals surface area (Å²) in [6.07, 6.45) is 4.48. The fourth-order valence-electron chi connectivity index (χ4n) is 2.48. The van der Waals surface area contributed by atoms with E-state index in [1.807, 2.05) is 12.1 Å². The Morgan fingerprint density at radius 1 is 1.12 bits per heavy atom. The van der Waals surface area contributed by atoms with Gasteiger partial charge in [0.05, 0.1) is 12.7 Å². The molecule has 0 amide bonds. The maximum Gasteiger partial charge on any atom is 0.337 e. The van der Waals surface area contributed by atoms with Crippen LogP contribution in [0.15, 0.2) is 48.5 Å². The van der Waals surface area contributed by atoms with Gasteiger partial charge in [0.1, 0.15) is 5.82 Å². The monoisotopic (exact) mass is 325 g/mol. The van der Waals surface area contributed by atoms with E-state index in [0.29, 0.717) is 11.6 Å². The average Bonchev–Trinajstić information content (AvgIpc) is 3.43. The summed E-state index contributed by atoms with van der Waals surface area (Å²) in [5.74, 6) is -0.588. The minimum Gasteiger partial charge on any atom is -0.465 e. The highest BCUT2D eigenvalue weighted by Crippen LogP contribution is 2.23. The third-order valence-electron chi connectivity index (χ3n) is 4.05. The van der Waals surface area contributed by atoms with E-state index in [2.05, 4.69) is 11.4 Å². The molecule has 24 heavy (non-hydrogen) atoms. The van der Waals surface area contributed by atoms with E-state index >= 15 is 0 Å². The molecule has 1 aliphatic rings. The van der Waals surface area contributed by atoms with Crippen molar-refractivity contribution >= 4 is 17.6 Å². The summed E-state index contributed by atoms with van der Waals surface area (Å²) in [5, 5.41) is 3.49. The van der Waals surface area contributed by atoms with Gasteiger partial charge in [0.15, 0.2) is 0 Å². The van der Waals surface area contributed by atoms with Gasteiger partial charge in [-0.3, -0.25) is 0 Å². The van der Waals surface area contributed by atoms with Gasteiger partial charge in [-0.05, 0) is 59.9 Å². The molecule has 1 saturated carbocycles. The summed E-state index contributed by atoms with van der Waals surface area (Å²) in [4.78, 5) is 11.5. The topological polar surface area (TPSA) is 38.3 Å². The van der Waals surface area contributed by atoms with Crippen LogP contribution in [-0.4, -0.2) is 25.7 Å². The Morgan fingerprint density at radius 2 is 1.75 bits per heavy atom. The summed E-state index contributed by atoms with van der Waals surface area (Å²) in [6.45, 7) is 0.731. The third kappa shape index (κ3) is 4.30. The molecule has 1 aliphatic carbocycles. The number of halogens is 1. The molecule has 0 atom stereocenters. The molecule has 1 N–H and O–H groups in total. The second-order valence-electron chi connectivity index (χ2n) is 5.95. The number of ether oxygens (including phenoxy) is 1. The predicted molar refractivity (Wildman–Crippen MR) is 93.1 cm³/mol. The van der Waals surface area contributed by atoms with Gasteiger partial charge in [-0.25, -0.2) is 9.18 Å². The molecule has 124 valence electrons. The quantitative estimate of drug-likeness (QED) is 0.646. The molecule has 4 heteroatoms. The second kappa shape index (κ2) is 7.41. The van der Waals surface area contributed by atoms with Crippen LogP contribution in [0.5, 0.6) is 0 Å². The number of benzene rings is 2. The van der Waals surface area contributed by atoms with Crippen LogP contribution >= 0.6 is 0 Å². The summed E-state index contributed by atoms with van der Waals surface area (Å²) < 4.78 is 17.9. The molecule has 0 spiro atoms. The number of rotatable bonds is 6. The Kier molecular flexibility index (Phi) is 5.06. The van der Waals surface area contributed by atoms with Crippen LogP contribution in [-0.2, 0) is 4.74 Å². The minimum absolute atomic E-state index is 0.240. The first-order chi connectivity index (χ1) is 11.7. The Balaban J connectivity index is 1.84. The standard InChI is InChI=1S/C20H20FNO2/c1-24-20(23)16-4-2-14(3-5-16)12-17(13-22-19-10-11-19)15-6-8-18(21)9-7-15/h2-9,12,19,22H,10-11,13H2,1H3/b17-12+. The Labute approximate surface area is 141 Å². The third-order valence-corrected chi connectivity index (χ3v) is 4.05. The summed E-state index contributed by atoms with van der Waals surface area (Å²) in [5.41, 5.74) is 3.59. The lowest BCUT2D eigenvalue weighted by atomic mass is 10.0. The average molecular weight is 325 g/mol. The maximum absolute atomic E-state index is 13.2. The first-order valence-electron chi connectivity index (χ1n) is 8.04. The summed E-state index contributed by atoms with van der Waals surface area (Å²) in [7, 11) is 1.37. The van der Waals surface area contributed by atoms with Crippen molar-refractivity contribution in [3.8, 4) is 0 Å². The smallest absolute Gasteiger partial charge is 0.337 e. The summed E-state index contributed by atoms with van der Waals surface area (Å²) >= 11 is 0. The van der Waals surface area contributed by atoms with E-state index in [9.17, 15) is 9.18 Å². The fraction of sp³-hybridized carbons (Fsp3) is 0.250. The van der Waals surface area contributed by atoms with Crippen LogP contribution in [0.4, 0.5) is 4.39 Å². The highest BCUT2D eigenvalue weighted by molar-refractivity contribution is 5.90. The second-order valence-corrected chi connectivity index (χ2v) is 5.95. The van der Waals surface area contributed by atoms with Crippen LogP contribution in [0.1, 0.15) is 34.3 Å². The van der Waals surface area contributed by atoms with Crippen molar-refractivity contribution in [2.45, 2.75) is 18.9 Å². The molecule has 0 bridgehead atoms. The molecule has 0 heterocycles. The Morgan fingerprint density at radius 3 is 2.33 bits per heavy atom. The highest BCUT2D eigenvalue weighted by Gasteiger charge is 2.20. The molecule has 2 aromatic rings. The maximum atomic E-state index is 13.2. The number of hydrogen-bond donors (Lipinski definition) is 1. The van der Waals surface area contributed by atoms with Gasteiger partial charge in [-0.15, -0.1) is 0 Å². The van der Waals surface area contributed by atoms with Crippen LogP contribution in [0.3, 0.4) is 0 Å². The zero-order valence-electron chi connectivity index (χ0n) is 13.6. The molecule has 2 aromatic carbocycles. The molecule has 3 rings (SSSR count). The summed E-state index contributed by atoms with van der Waals surface area (Å²) in [6, 6.07) is 14.4. The van der Waals surface area contributed by atoms with E-state index in [4.69, 9.17) is 4.74 Å². The SMILES string of the molecule is COC(=O)c1ccc(/C=C(\CNC2CC2)c2ccc(F)cc2)cc1. The van der Waals surface area contributed by atoms with E-state index in [1.165, 1.54) is 32.1 Å². The van der Waals surface area contributed by atoms with Crippen LogP contribution in [0, 0.1) is 5.82 Å². The zero-order valence-corrected chi connectivity index (χ0v) is 13.6. The van der Waals surface area contributed by atoms with Crippen LogP contribution in [0.25, 0.3) is 11.6 Å². The largest absolute Gasteiger partial charge is 0.465 e. The van der Waals surface area contributed by atoms with Crippen molar-refractivity contribution in [2.24, 2.45) is 0 Å². The number of carbonyl (C=O) groups excluding carboxylic acids is 1. The van der Waals surface area contributed by atoms with Gasteiger partial charge in [0, 0.05) is 12.6 Å². The van der Waals surface area contributed by atoms with Gasteiger partial charge in [0.25, 0.3) is 0 Å². The number of nitrogens with one attached hydrogen (secondary N) is 1. The molecule has 0 aromatic heterocycles. The molecule has 0 saturated heterocycles. The molecule has 3 nitrogen and oxygen atoms in total. The van der Waals surface area contributed by atoms with Crippen molar-refractivity contribution in [1.29, 1.82) is 0 Å². The zero-order chi connectivity index (χ0) is 16.9. The van der Waals surface area contributed by atoms with Crippen molar-refractivity contribution in [1.82, 2.24) is 5.32 Å². The van der Waals surface area contributed by atoms with Gasteiger partial charge in [-0.1, -0.05) is 24.3 Å². The normalized spacial score (nSPS) is 14.5. The van der Waals surface area contributed by atoms with Gasteiger partial charge < -0.3 is 10.1 Å². The first kappa shape index (κ1) is 16.4. The molecule has 1 fully saturated rings. The van der Waals surface area contributed by atoms with Crippen molar-refractivity contribution in [3.05, 3.63) is 71.0 Å². The van der Waals surface area contributed by atoms with Crippen molar-refractivity contribution in [3.63, 3.8) is 0 Å². The lowest BCUT2D eigenvalue weighted by Gasteiger charge is -2.10. The molecule has 0 radical (unpaired) electrons. The highest BCUT2D eigenvalue weighted by atomic mass is 19.1.